The highest BCUT2D eigenvalue weighted by molar-refractivity contribution is 5.70. The van der Waals surface area contributed by atoms with Crippen molar-refractivity contribution in [2.75, 3.05) is 32.1 Å². The molecule has 1 aromatic carbocycles. The molecule has 31 heavy (non-hydrogen) atoms. The van der Waals surface area contributed by atoms with Gasteiger partial charge in [0.05, 0.1) is 18.9 Å². The van der Waals surface area contributed by atoms with Gasteiger partial charge >= 0.3 is 0 Å². The Morgan fingerprint density at radius 2 is 1.90 bits per heavy atom. The second-order valence-electron chi connectivity index (χ2n) is 9.07. The molecule has 2 aromatic heterocycles. The van der Waals surface area contributed by atoms with Crippen LogP contribution in [0.5, 0.6) is 0 Å². The monoisotopic (exact) mass is 420 g/mol. The molecule has 3 heterocycles. The van der Waals surface area contributed by atoms with E-state index in [9.17, 15) is 4.79 Å². The van der Waals surface area contributed by atoms with Crippen LogP contribution >= 0.6 is 0 Å². The van der Waals surface area contributed by atoms with Crippen LogP contribution in [0, 0.1) is 0 Å². The number of aromatic nitrogens is 4. The number of likely N-dealkylation sites (N-methyl/N-ethyl adjacent to an activating group) is 1. The fraction of sp³-hybridized carbons (Fsp3) is 0.522. The Labute approximate surface area is 180 Å². The van der Waals surface area contributed by atoms with E-state index in [2.05, 4.69) is 38.4 Å². The van der Waals surface area contributed by atoms with Crippen LogP contribution in [-0.2, 0) is 36.8 Å². The largest absolute Gasteiger partial charge is 0.378 e. The fourth-order valence-electron chi connectivity index (χ4n) is 5.37. The van der Waals surface area contributed by atoms with Crippen LogP contribution in [0.4, 0.5) is 11.6 Å². The van der Waals surface area contributed by atoms with Gasteiger partial charge in [0, 0.05) is 30.8 Å². The number of benzene rings is 1. The van der Waals surface area contributed by atoms with Gasteiger partial charge in [0.2, 0.25) is 5.95 Å². The molecule has 1 fully saturated rings. The zero-order valence-electron chi connectivity index (χ0n) is 17.9. The number of morpholine rings is 1. The number of ether oxygens (including phenoxy) is 1. The van der Waals surface area contributed by atoms with Gasteiger partial charge in [-0.15, -0.1) is 0 Å². The quantitative estimate of drug-likeness (QED) is 0.671. The first-order valence-corrected chi connectivity index (χ1v) is 11.4. The molecule has 8 nitrogen and oxygen atoms in total. The summed E-state index contributed by atoms with van der Waals surface area (Å²) in [5.74, 6) is 0.989. The van der Waals surface area contributed by atoms with Crippen LogP contribution in [0.2, 0.25) is 0 Å². The van der Waals surface area contributed by atoms with E-state index in [1.54, 1.807) is 6.07 Å². The van der Waals surface area contributed by atoms with Crippen LogP contribution in [-0.4, -0.2) is 57.3 Å². The first kappa shape index (κ1) is 19.0. The fourth-order valence-corrected chi connectivity index (χ4v) is 5.37. The molecule has 0 bridgehead atoms. The number of hydrogen-bond donors (Lipinski definition) is 2. The van der Waals surface area contributed by atoms with Crippen LogP contribution in [0.25, 0.3) is 5.78 Å². The number of H-pyrrole nitrogens is 1. The van der Waals surface area contributed by atoms with Gasteiger partial charge in [-0.3, -0.25) is 14.8 Å². The molecule has 2 aliphatic carbocycles. The van der Waals surface area contributed by atoms with Gasteiger partial charge in [-0.1, -0.05) is 6.07 Å². The molecule has 3 aliphatic rings. The Morgan fingerprint density at radius 1 is 1.13 bits per heavy atom. The lowest BCUT2D eigenvalue weighted by Crippen LogP contribution is -2.44. The maximum atomic E-state index is 12.7. The summed E-state index contributed by atoms with van der Waals surface area (Å²) in [4.78, 5) is 24.3. The van der Waals surface area contributed by atoms with Crippen molar-refractivity contribution in [3.05, 3.63) is 50.4 Å². The third-order valence-electron chi connectivity index (χ3n) is 7.07. The molecule has 1 aliphatic heterocycles. The topological polar surface area (TPSA) is 87.5 Å². The first-order chi connectivity index (χ1) is 15.2. The van der Waals surface area contributed by atoms with E-state index in [1.165, 1.54) is 45.3 Å². The molecule has 1 atom stereocenters. The van der Waals surface area contributed by atoms with Gasteiger partial charge in [-0.2, -0.15) is 9.50 Å². The molecule has 0 spiro atoms. The van der Waals surface area contributed by atoms with Crippen LogP contribution in [0.15, 0.2) is 16.9 Å². The smallest absolute Gasteiger partial charge is 0.274 e. The summed E-state index contributed by atoms with van der Waals surface area (Å²) in [6.45, 7) is 2.31. The van der Waals surface area contributed by atoms with E-state index in [1.807, 2.05) is 0 Å². The van der Waals surface area contributed by atoms with Crippen molar-refractivity contribution in [3.63, 3.8) is 0 Å². The number of rotatable bonds is 4. The predicted octanol–water partition coefficient (Wildman–Crippen LogP) is 2.01. The Hall–Kier alpha value is -2.71. The second kappa shape index (κ2) is 7.46. The SMILES string of the molecule is CN1CCOCC1Cc1cc(=O)n2[nH]c(Nc3c4c(cc5c3CCC5)CCC4)nc2n1. The van der Waals surface area contributed by atoms with E-state index in [-0.39, 0.29) is 11.6 Å². The Balaban J connectivity index is 1.33. The van der Waals surface area contributed by atoms with Gasteiger partial charge in [-0.25, -0.2) is 4.98 Å². The molecule has 3 aromatic rings. The zero-order chi connectivity index (χ0) is 20.9. The van der Waals surface area contributed by atoms with Gasteiger partial charge < -0.3 is 10.1 Å². The third-order valence-corrected chi connectivity index (χ3v) is 7.07. The van der Waals surface area contributed by atoms with E-state index in [0.717, 1.165) is 44.5 Å². The Morgan fingerprint density at radius 3 is 2.65 bits per heavy atom. The normalized spacial score (nSPS) is 20.9. The number of nitrogens with zero attached hydrogens (tertiary/aromatic N) is 4. The maximum absolute atomic E-state index is 12.7. The lowest BCUT2D eigenvalue weighted by molar-refractivity contribution is 0.00591. The van der Waals surface area contributed by atoms with Crippen molar-refractivity contribution >= 4 is 17.4 Å². The molecule has 8 heteroatoms. The molecular weight excluding hydrogens is 392 g/mol. The average molecular weight is 421 g/mol. The third kappa shape index (κ3) is 3.34. The summed E-state index contributed by atoms with van der Waals surface area (Å²) in [5.41, 5.74) is 7.60. The highest BCUT2D eigenvalue weighted by Crippen LogP contribution is 2.39. The minimum atomic E-state index is -0.136. The molecule has 0 amide bonds. The van der Waals surface area contributed by atoms with Crippen molar-refractivity contribution in [3.8, 4) is 0 Å². The highest BCUT2D eigenvalue weighted by Gasteiger charge is 2.25. The number of hydrogen-bond acceptors (Lipinski definition) is 6. The van der Waals surface area contributed by atoms with Crippen molar-refractivity contribution in [1.82, 2.24) is 24.5 Å². The van der Waals surface area contributed by atoms with Crippen LogP contribution in [0.1, 0.15) is 40.8 Å². The Kier molecular flexibility index (Phi) is 4.57. The molecule has 0 radical (unpaired) electrons. The molecule has 0 saturated carbocycles. The van der Waals surface area contributed by atoms with Gasteiger partial charge in [-0.05, 0) is 67.8 Å². The van der Waals surface area contributed by atoms with Crippen molar-refractivity contribution in [1.29, 1.82) is 0 Å². The summed E-state index contributed by atoms with van der Waals surface area (Å²) >= 11 is 0. The summed E-state index contributed by atoms with van der Waals surface area (Å²) in [5, 5.41) is 6.65. The first-order valence-electron chi connectivity index (χ1n) is 11.4. The number of nitrogens with one attached hydrogen (secondary N) is 2. The number of aryl methyl sites for hydroxylation is 2. The van der Waals surface area contributed by atoms with E-state index in [0.29, 0.717) is 24.8 Å². The maximum Gasteiger partial charge on any atom is 0.274 e. The lowest BCUT2D eigenvalue weighted by Gasteiger charge is -2.32. The van der Waals surface area contributed by atoms with E-state index >= 15 is 0 Å². The van der Waals surface area contributed by atoms with Crippen LogP contribution < -0.4 is 10.9 Å². The number of anilines is 2. The van der Waals surface area contributed by atoms with Gasteiger partial charge in [0.15, 0.2) is 0 Å². The molecule has 6 rings (SSSR count). The summed E-state index contributed by atoms with van der Waals surface area (Å²) in [6, 6.07) is 4.25. The lowest BCUT2D eigenvalue weighted by atomic mass is 9.99. The average Bonchev–Trinajstić information content (AvgIpc) is 3.48. The predicted molar refractivity (Wildman–Crippen MR) is 118 cm³/mol. The number of aromatic amines is 1. The van der Waals surface area contributed by atoms with E-state index < -0.39 is 0 Å². The minimum Gasteiger partial charge on any atom is -0.378 e. The molecule has 1 saturated heterocycles. The van der Waals surface area contributed by atoms with Crippen LogP contribution in [0.3, 0.4) is 0 Å². The van der Waals surface area contributed by atoms with Gasteiger partial charge in [0.1, 0.15) is 0 Å². The number of fused-ring (bicyclic) bond motifs is 3. The highest BCUT2D eigenvalue weighted by atomic mass is 16.5. The molecule has 2 N–H and O–H groups in total. The van der Waals surface area contributed by atoms with Crippen molar-refractivity contribution < 1.29 is 4.74 Å². The summed E-state index contributed by atoms with van der Waals surface area (Å²) in [7, 11) is 2.09. The minimum absolute atomic E-state index is 0.136. The van der Waals surface area contributed by atoms with Crippen molar-refractivity contribution in [2.45, 2.75) is 51.0 Å². The molecule has 162 valence electrons. The second-order valence-corrected chi connectivity index (χ2v) is 9.07. The Bertz CT molecular complexity index is 1180. The van der Waals surface area contributed by atoms with E-state index in [4.69, 9.17) is 4.74 Å². The molecule has 1 unspecified atom stereocenters. The zero-order valence-corrected chi connectivity index (χ0v) is 17.9. The summed E-state index contributed by atoms with van der Waals surface area (Å²) < 4.78 is 7.03. The molecular formula is C23H28N6O2. The van der Waals surface area contributed by atoms with Crippen molar-refractivity contribution in [2.24, 2.45) is 0 Å². The summed E-state index contributed by atoms with van der Waals surface area (Å²) in [6.07, 6.45) is 7.60. The van der Waals surface area contributed by atoms with Gasteiger partial charge in [0.25, 0.3) is 11.3 Å². The standard InChI is InChI=1S/C23H28N6O2/c1-28-8-9-31-13-17(28)11-16-12-20(30)29-23(24-16)26-22(27-29)25-21-18-6-2-4-14(18)10-15-5-3-7-19(15)21/h10,12,17H,2-9,11,13H2,1H3,(H2,24,25,26,27).